The summed E-state index contributed by atoms with van der Waals surface area (Å²) in [7, 11) is 0. The van der Waals surface area contributed by atoms with Gasteiger partial charge in [0.05, 0.1) is 17.2 Å². The molecule has 1 fully saturated rings. The summed E-state index contributed by atoms with van der Waals surface area (Å²) in [6.07, 6.45) is 1.71. The third-order valence-corrected chi connectivity index (χ3v) is 4.22. The summed E-state index contributed by atoms with van der Waals surface area (Å²) < 4.78 is 5.35. The maximum Gasteiger partial charge on any atom is 0.264 e. The maximum atomic E-state index is 12.1. The molecule has 1 aliphatic heterocycles. The number of nitrogens with zero attached hydrogens (tertiary/aromatic N) is 1. The summed E-state index contributed by atoms with van der Waals surface area (Å²) >= 11 is 1.22. The van der Waals surface area contributed by atoms with E-state index < -0.39 is 0 Å². The number of aliphatic imine (C=N–C) groups is 1. The van der Waals surface area contributed by atoms with Gasteiger partial charge in [0.2, 0.25) is 0 Å². The van der Waals surface area contributed by atoms with E-state index in [2.05, 4.69) is 10.3 Å². The fourth-order valence-corrected chi connectivity index (χ4v) is 3.01. The molecule has 2 aromatic rings. The standard InChI is InChI=1S/C18H16N2O4S/c1-2-24-15-9-11(3-8-14(15)22)10-16-17(23)20-18(25-16)19-12-4-6-13(21)7-5-12/h3-10,21-22H,2H2,1H3,(H,19,20,23)/b16-10+. The molecular formula is C18H16N2O4S. The number of thioether (sulfide) groups is 1. The van der Waals surface area contributed by atoms with Gasteiger partial charge in [-0.1, -0.05) is 6.07 Å². The van der Waals surface area contributed by atoms with Crippen molar-refractivity contribution in [2.75, 3.05) is 6.61 Å². The largest absolute Gasteiger partial charge is 0.508 e. The first-order valence-electron chi connectivity index (χ1n) is 7.59. The molecular weight excluding hydrogens is 340 g/mol. The van der Waals surface area contributed by atoms with Gasteiger partial charge < -0.3 is 20.3 Å². The van der Waals surface area contributed by atoms with Crippen LogP contribution in [0.25, 0.3) is 6.08 Å². The van der Waals surface area contributed by atoms with Gasteiger partial charge >= 0.3 is 0 Å². The molecule has 0 atom stereocenters. The van der Waals surface area contributed by atoms with Crippen LogP contribution in [0.2, 0.25) is 0 Å². The minimum absolute atomic E-state index is 0.0575. The second kappa shape index (κ2) is 7.31. The lowest BCUT2D eigenvalue weighted by molar-refractivity contribution is -0.115. The van der Waals surface area contributed by atoms with Crippen LogP contribution < -0.4 is 10.1 Å². The SMILES string of the molecule is CCOc1cc(/C=C2/SC(=Nc3ccc(O)cc3)NC2=O)ccc1O. The van der Waals surface area contributed by atoms with Crippen LogP contribution in [-0.4, -0.2) is 27.9 Å². The van der Waals surface area contributed by atoms with Gasteiger partial charge in [-0.25, -0.2) is 4.99 Å². The average Bonchev–Trinajstić information content (AvgIpc) is 2.92. The molecule has 1 amide bonds. The van der Waals surface area contributed by atoms with E-state index in [1.165, 1.54) is 30.0 Å². The Bertz CT molecular complexity index is 860. The summed E-state index contributed by atoms with van der Waals surface area (Å²) in [5, 5.41) is 22.2. The number of amides is 1. The van der Waals surface area contributed by atoms with Crippen LogP contribution >= 0.6 is 11.8 Å². The van der Waals surface area contributed by atoms with E-state index in [1.54, 1.807) is 30.3 Å². The highest BCUT2D eigenvalue weighted by atomic mass is 32.2. The number of hydrogen-bond acceptors (Lipinski definition) is 6. The average molecular weight is 356 g/mol. The van der Waals surface area contributed by atoms with E-state index >= 15 is 0 Å². The number of rotatable bonds is 4. The third-order valence-electron chi connectivity index (χ3n) is 3.31. The minimum atomic E-state index is -0.242. The molecule has 0 aliphatic carbocycles. The zero-order valence-corrected chi connectivity index (χ0v) is 14.2. The van der Waals surface area contributed by atoms with Crippen LogP contribution in [0.3, 0.4) is 0 Å². The number of amidine groups is 1. The maximum absolute atomic E-state index is 12.1. The minimum Gasteiger partial charge on any atom is -0.508 e. The van der Waals surface area contributed by atoms with Crippen LogP contribution in [-0.2, 0) is 4.79 Å². The number of carbonyl (C=O) groups is 1. The Morgan fingerprint density at radius 3 is 2.68 bits per heavy atom. The topological polar surface area (TPSA) is 91.2 Å². The van der Waals surface area contributed by atoms with Crippen molar-refractivity contribution in [2.24, 2.45) is 4.99 Å². The Kier molecular flexibility index (Phi) is 4.95. The molecule has 6 nitrogen and oxygen atoms in total. The summed E-state index contributed by atoms with van der Waals surface area (Å²) in [5.74, 6) is 0.346. The predicted molar refractivity (Wildman–Crippen MR) is 98.2 cm³/mol. The molecule has 0 unspecified atom stereocenters. The lowest BCUT2D eigenvalue weighted by Crippen LogP contribution is -2.19. The molecule has 0 aromatic heterocycles. The van der Waals surface area contributed by atoms with E-state index in [-0.39, 0.29) is 17.4 Å². The molecule has 7 heteroatoms. The van der Waals surface area contributed by atoms with Crippen molar-refractivity contribution in [3.63, 3.8) is 0 Å². The Labute approximate surface area is 148 Å². The molecule has 1 heterocycles. The molecule has 2 aromatic carbocycles. The molecule has 1 saturated heterocycles. The number of nitrogens with one attached hydrogen (secondary N) is 1. The summed E-state index contributed by atoms with van der Waals surface area (Å²) in [5.41, 5.74) is 1.37. The van der Waals surface area contributed by atoms with E-state index in [4.69, 9.17) is 4.74 Å². The second-order valence-corrected chi connectivity index (χ2v) is 6.19. The Morgan fingerprint density at radius 2 is 1.96 bits per heavy atom. The summed E-state index contributed by atoms with van der Waals surface area (Å²) in [6.45, 7) is 2.27. The van der Waals surface area contributed by atoms with E-state index in [9.17, 15) is 15.0 Å². The zero-order chi connectivity index (χ0) is 17.8. The first-order chi connectivity index (χ1) is 12.0. The summed E-state index contributed by atoms with van der Waals surface area (Å²) in [4.78, 5) is 16.9. The highest BCUT2D eigenvalue weighted by Gasteiger charge is 2.23. The predicted octanol–water partition coefficient (Wildman–Crippen LogP) is 3.39. The monoisotopic (exact) mass is 356 g/mol. The fraction of sp³-hybridized carbons (Fsp3) is 0.111. The molecule has 1 aliphatic rings. The van der Waals surface area contributed by atoms with E-state index in [0.29, 0.717) is 28.1 Å². The Morgan fingerprint density at radius 1 is 1.20 bits per heavy atom. The normalized spacial score (nSPS) is 17.1. The van der Waals surface area contributed by atoms with Crippen molar-refractivity contribution in [3.8, 4) is 17.2 Å². The lowest BCUT2D eigenvalue weighted by atomic mass is 10.2. The third kappa shape index (κ3) is 4.13. The van der Waals surface area contributed by atoms with Gasteiger partial charge in [-0.2, -0.15) is 0 Å². The van der Waals surface area contributed by atoms with Gasteiger partial charge in [0.1, 0.15) is 5.75 Å². The highest BCUT2D eigenvalue weighted by Crippen LogP contribution is 2.31. The number of phenolic OH excluding ortho intramolecular Hbond substituents is 2. The van der Waals surface area contributed by atoms with Gasteiger partial charge in [-0.3, -0.25) is 4.79 Å². The quantitative estimate of drug-likeness (QED) is 0.731. The van der Waals surface area contributed by atoms with Crippen LogP contribution in [0.5, 0.6) is 17.2 Å². The highest BCUT2D eigenvalue weighted by molar-refractivity contribution is 8.18. The molecule has 0 bridgehead atoms. The molecule has 25 heavy (non-hydrogen) atoms. The molecule has 0 radical (unpaired) electrons. The Hall–Kier alpha value is -2.93. The van der Waals surface area contributed by atoms with Crippen molar-refractivity contribution in [1.82, 2.24) is 5.32 Å². The number of ether oxygens (including phenoxy) is 1. The number of phenols is 2. The number of aromatic hydroxyl groups is 2. The van der Waals surface area contributed by atoms with E-state index in [1.807, 2.05) is 6.92 Å². The molecule has 3 rings (SSSR count). The molecule has 0 spiro atoms. The Balaban J connectivity index is 1.81. The summed E-state index contributed by atoms with van der Waals surface area (Å²) in [6, 6.07) is 11.3. The van der Waals surface area contributed by atoms with Crippen molar-refractivity contribution in [1.29, 1.82) is 0 Å². The van der Waals surface area contributed by atoms with Gasteiger partial charge in [0.15, 0.2) is 16.7 Å². The van der Waals surface area contributed by atoms with Crippen molar-refractivity contribution < 1.29 is 19.7 Å². The van der Waals surface area contributed by atoms with Crippen LogP contribution in [0.1, 0.15) is 12.5 Å². The van der Waals surface area contributed by atoms with E-state index in [0.717, 1.165) is 5.56 Å². The smallest absolute Gasteiger partial charge is 0.264 e. The van der Waals surface area contributed by atoms with Gasteiger partial charge in [0.25, 0.3) is 5.91 Å². The first kappa shape index (κ1) is 16.9. The van der Waals surface area contributed by atoms with Crippen molar-refractivity contribution in [2.45, 2.75) is 6.92 Å². The van der Waals surface area contributed by atoms with Crippen molar-refractivity contribution in [3.05, 3.63) is 52.9 Å². The number of benzene rings is 2. The lowest BCUT2D eigenvalue weighted by Gasteiger charge is -2.06. The van der Waals surface area contributed by atoms with Crippen LogP contribution in [0.15, 0.2) is 52.4 Å². The first-order valence-corrected chi connectivity index (χ1v) is 8.41. The van der Waals surface area contributed by atoms with Gasteiger partial charge in [0, 0.05) is 0 Å². The number of hydrogen-bond donors (Lipinski definition) is 3. The van der Waals surface area contributed by atoms with Gasteiger partial charge in [-0.05, 0) is 66.7 Å². The zero-order valence-electron chi connectivity index (χ0n) is 13.4. The molecule has 3 N–H and O–H groups in total. The molecule has 0 saturated carbocycles. The fourth-order valence-electron chi connectivity index (χ4n) is 2.17. The second-order valence-electron chi connectivity index (χ2n) is 5.16. The van der Waals surface area contributed by atoms with Gasteiger partial charge in [-0.15, -0.1) is 0 Å². The van der Waals surface area contributed by atoms with Crippen LogP contribution in [0, 0.1) is 0 Å². The molecule has 128 valence electrons. The van der Waals surface area contributed by atoms with Crippen molar-refractivity contribution >= 4 is 34.6 Å². The van der Waals surface area contributed by atoms with Crippen LogP contribution in [0.4, 0.5) is 5.69 Å². The number of carbonyl (C=O) groups excluding carboxylic acids is 1.